The predicted octanol–water partition coefficient (Wildman–Crippen LogP) is 0.452. The van der Waals surface area contributed by atoms with Gasteiger partial charge in [-0.2, -0.15) is 0 Å². The lowest BCUT2D eigenvalue weighted by molar-refractivity contribution is 0.190. The maximum Gasteiger partial charge on any atom is 0.182 e. The van der Waals surface area contributed by atoms with Crippen LogP contribution in [0, 0.1) is 0 Å². The van der Waals surface area contributed by atoms with E-state index < -0.39 is 0 Å². The molecule has 0 fully saturated rings. The van der Waals surface area contributed by atoms with Crippen molar-refractivity contribution in [3.63, 3.8) is 0 Å². The number of imidazole rings is 1. The second kappa shape index (κ2) is 6.27. The number of fused-ring (bicyclic) bond motifs is 1. The lowest BCUT2D eigenvalue weighted by Gasteiger charge is -2.23. The van der Waals surface area contributed by atoms with E-state index in [-0.39, 0.29) is 0 Å². The van der Waals surface area contributed by atoms with Crippen LogP contribution in [0.3, 0.4) is 0 Å². The Labute approximate surface area is 105 Å². The second-order valence-corrected chi connectivity index (χ2v) is 3.77. The summed E-state index contributed by atoms with van der Waals surface area (Å²) in [7, 11) is 3.36. The third kappa shape index (κ3) is 2.74. The number of hydrogen-bond donors (Lipinski definition) is 1. The van der Waals surface area contributed by atoms with Crippen LogP contribution in [0.2, 0.25) is 0 Å². The van der Waals surface area contributed by atoms with Gasteiger partial charge in [-0.25, -0.2) is 15.0 Å². The lowest BCUT2D eigenvalue weighted by atomic mass is 10.4. The molecule has 0 aromatic carbocycles. The van der Waals surface area contributed by atoms with E-state index in [0.29, 0.717) is 18.9 Å². The minimum Gasteiger partial charge on any atom is -0.383 e. The van der Waals surface area contributed by atoms with Gasteiger partial charge in [0.25, 0.3) is 0 Å². The van der Waals surface area contributed by atoms with E-state index in [0.717, 1.165) is 24.4 Å². The molecule has 0 aliphatic heterocycles. The van der Waals surface area contributed by atoms with Crippen LogP contribution in [0.15, 0.2) is 12.7 Å². The Bertz CT molecular complexity index is 479. The van der Waals surface area contributed by atoms with Gasteiger partial charge in [0.15, 0.2) is 11.5 Å². The molecule has 0 aliphatic carbocycles. The zero-order valence-corrected chi connectivity index (χ0v) is 10.6. The van der Waals surface area contributed by atoms with Crippen molar-refractivity contribution in [2.24, 2.45) is 0 Å². The molecule has 2 rings (SSSR count). The van der Waals surface area contributed by atoms with E-state index in [4.69, 9.17) is 9.47 Å². The summed E-state index contributed by atoms with van der Waals surface area (Å²) in [6, 6.07) is 0. The molecule has 0 saturated carbocycles. The van der Waals surface area contributed by atoms with E-state index in [1.807, 2.05) is 0 Å². The van der Waals surface area contributed by atoms with Crippen LogP contribution in [-0.4, -0.2) is 60.5 Å². The molecule has 2 heterocycles. The molecule has 7 heteroatoms. The van der Waals surface area contributed by atoms with Crippen molar-refractivity contribution < 1.29 is 9.47 Å². The first-order valence-electron chi connectivity index (χ1n) is 5.73. The maximum atomic E-state index is 5.12. The Balaban J connectivity index is 2.24. The van der Waals surface area contributed by atoms with Gasteiger partial charge >= 0.3 is 0 Å². The summed E-state index contributed by atoms with van der Waals surface area (Å²) in [6.45, 7) is 2.74. The maximum absolute atomic E-state index is 5.12. The lowest BCUT2D eigenvalue weighted by Crippen LogP contribution is -2.31. The van der Waals surface area contributed by atoms with Gasteiger partial charge in [0.2, 0.25) is 0 Å². The Morgan fingerprint density at radius 1 is 1.11 bits per heavy atom. The molecule has 0 amide bonds. The molecule has 98 valence electrons. The van der Waals surface area contributed by atoms with Gasteiger partial charge in [-0.1, -0.05) is 0 Å². The molecule has 2 aromatic heterocycles. The number of ether oxygens (including phenoxy) is 2. The first-order chi connectivity index (χ1) is 8.86. The molecule has 18 heavy (non-hydrogen) atoms. The molecule has 0 atom stereocenters. The number of H-pyrrole nitrogens is 1. The molecule has 2 aromatic rings. The third-order valence-corrected chi connectivity index (χ3v) is 2.63. The van der Waals surface area contributed by atoms with Crippen LogP contribution in [0.1, 0.15) is 0 Å². The van der Waals surface area contributed by atoms with Gasteiger partial charge in [0, 0.05) is 27.3 Å². The van der Waals surface area contributed by atoms with Gasteiger partial charge < -0.3 is 19.4 Å². The Kier molecular flexibility index (Phi) is 4.43. The first-order valence-corrected chi connectivity index (χ1v) is 5.73. The third-order valence-electron chi connectivity index (χ3n) is 2.63. The normalized spacial score (nSPS) is 11.0. The van der Waals surface area contributed by atoms with E-state index in [1.54, 1.807) is 20.5 Å². The number of methoxy groups -OCH3 is 2. The summed E-state index contributed by atoms with van der Waals surface area (Å²) >= 11 is 0. The van der Waals surface area contributed by atoms with Crippen molar-refractivity contribution in [3.05, 3.63) is 12.7 Å². The van der Waals surface area contributed by atoms with Crippen LogP contribution >= 0.6 is 0 Å². The molecule has 1 N–H and O–H groups in total. The van der Waals surface area contributed by atoms with Gasteiger partial charge in [-0.3, -0.25) is 0 Å². The van der Waals surface area contributed by atoms with Crippen LogP contribution in [0.4, 0.5) is 5.82 Å². The number of aromatic amines is 1. The highest BCUT2D eigenvalue weighted by molar-refractivity contribution is 5.82. The average molecular weight is 251 g/mol. The van der Waals surface area contributed by atoms with E-state index in [1.165, 1.54) is 6.33 Å². The fourth-order valence-corrected chi connectivity index (χ4v) is 1.72. The molecule has 0 aliphatic rings. The second-order valence-electron chi connectivity index (χ2n) is 3.77. The zero-order valence-electron chi connectivity index (χ0n) is 10.6. The number of rotatable bonds is 7. The highest BCUT2D eigenvalue weighted by Gasteiger charge is 2.13. The summed E-state index contributed by atoms with van der Waals surface area (Å²) in [5.74, 6) is 0.826. The van der Waals surface area contributed by atoms with Crippen LogP contribution in [0.25, 0.3) is 11.2 Å². The average Bonchev–Trinajstić information content (AvgIpc) is 2.87. The SMILES string of the molecule is COCCN(CCOC)c1ncnc2nc[nH]c12. The minimum atomic E-state index is 0.628. The highest BCUT2D eigenvalue weighted by Crippen LogP contribution is 2.18. The van der Waals surface area contributed by atoms with Crippen molar-refractivity contribution >= 4 is 17.0 Å². The first kappa shape index (κ1) is 12.7. The molecule has 0 radical (unpaired) electrons. The van der Waals surface area contributed by atoms with Crippen molar-refractivity contribution in [3.8, 4) is 0 Å². The highest BCUT2D eigenvalue weighted by atomic mass is 16.5. The van der Waals surface area contributed by atoms with E-state index >= 15 is 0 Å². The summed E-state index contributed by atoms with van der Waals surface area (Å²) in [5.41, 5.74) is 1.50. The fourth-order valence-electron chi connectivity index (χ4n) is 1.72. The van der Waals surface area contributed by atoms with E-state index in [9.17, 15) is 0 Å². The summed E-state index contributed by atoms with van der Waals surface area (Å²) < 4.78 is 10.2. The zero-order chi connectivity index (χ0) is 12.8. The fraction of sp³-hybridized carbons (Fsp3) is 0.545. The predicted molar refractivity (Wildman–Crippen MR) is 67.6 cm³/mol. The minimum absolute atomic E-state index is 0.628. The van der Waals surface area contributed by atoms with Gasteiger partial charge in [-0.15, -0.1) is 0 Å². The Morgan fingerprint density at radius 3 is 2.50 bits per heavy atom. The van der Waals surface area contributed by atoms with E-state index in [2.05, 4.69) is 24.8 Å². The molecule has 0 bridgehead atoms. The number of aromatic nitrogens is 4. The number of anilines is 1. The van der Waals surface area contributed by atoms with Crippen LogP contribution in [0.5, 0.6) is 0 Å². The van der Waals surface area contributed by atoms with Crippen molar-refractivity contribution in [2.75, 3.05) is 45.4 Å². The summed E-state index contributed by atoms with van der Waals surface area (Å²) in [5, 5.41) is 0. The molecule has 0 spiro atoms. The summed E-state index contributed by atoms with van der Waals surface area (Å²) in [4.78, 5) is 17.7. The topological polar surface area (TPSA) is 76.2 Å². The standard InChI is InChI=1S/C11H17N5O2/c1-17-5-3-16(4-6-18-2)11-9-10(13-7-12-9)14-8-15-11/h7-8H,3-6H2,1-2H3,(H,12,13,14,15). The van der Waals surface area contributed by atoms with Gasteiger partial charge in [-0.05, 0) is 0 Å². The van der Waals surface area contributed by atoms with Crippen molar-refractivity contribution in [1.29, 1.82) is 0 Å². The van der Waals surface area contributed by atoms with Crippen LogP contribution < -0.4 is 4.90 Å². The Morgan fingerprint density at radius 2 is 1.83 bits per heavy atom. The molecular weight excluding hydrogens is 234 g/mol. The Hall–Kier alpha value is -1.73. The number of nitrogens with zero attached hydrogens (tertiary/aromatic N) is 4. The van der Waals surface area contributed by atoms with Crippen LogP contribution in [-0.2, 0) is 9.47 Å². The summed E-state index contributed by atoms with van der Waals surface area (Å²) in [6.07, 6.45) is 3.14. The monoisotopic (exact) mass is 251 g/mol. The van der Waals surface area contributed by atoms with Crippen molar-refractivity contribution in [1.82, 2.24) is 19.9 Å². The van der Waals surface area contributed by atoms with Crippen molar-refractivity contribution in [2.45, 2.75) is 0 Å². The number of hydrogen-bond acceptors (Lipinski definition) is 6. The largest absolute Gasteiger partial charge is 0.383 e. The van der Waals surface area contributed by atoms with Gasteiger partial charge in [0.05, 0.1) is 19.5 Å². The smallest absolute Gasteiger partial charge is 0.182 e. The number of nitrogens with one attached hydrogen (secondary N) is 1. The molecular formula is C11H17N5O2. The molecule has 7 nitrogen and oxygen atoms in total. The molecule has 0 saturated heterocycles. The molecule has 0 unspecified atom stereocenters. The quantitative estimate of drug-likeness (QED) is 0.770. The van der Waals surface area contributed by atoms with Gasteiger partial charge in [0.1, 0.15) is 11.8 Å².